The first-order chi connectivity index (χ1) is 56.1. The molecule has 2 aromatic heterocycles. The third kappa shape index (κ3) is 33.4. The molecule has 0 saturated heterocycles. The Bertz CT molecular complexity index is 4290. The number of imidazole rings is 1. The Morgan fingerprint density at radius 1 is 0.492 bits per heavy atom. The number of benzene rings is 3. The molecule has 0 aliphatic carbocycles. The minimum Gasteiger partial charge on any atom is -0.508 e. The number of phenolic OH excluding ortho intramolecular Hbond substituents is 2. The molecule has 0 spiro atoms. The van der Waals surface area contributed by atoms with Crippen LogP contribution in [0.2, 0.25) is 0 Å². The van der Waals surface area contributed by atoms with Crippen molar-refractivity contribution in [1.29, 1.82) is 10.8 Å². The summed E-state index contributed by atoms with van der Waals surface area (Å²) in [5.74, 6) is -18.7. The minimum absolute atomic E-state index is 0.00350. The molecule has 3 aromatic carbocycles. The zero-order valence-electron chi connectivity index (χ0n) is 64.9. The maximum Gasteiger partial charge on any atom is 0.322 e. The number of guanidine groups is 2. The number of phenols is 2. The number of carboxylic acids is 3. The van der Waals surface area contributed by atoms with Gasteiger partial charge in [0.15, 0.2) is 11.9 Å². The van der Waals surface area contributed by atoms with Crippen molar-refractivity contribution in [3.63, 3.8) is 0 Å². The number of rotatable bonds is 52. The van der Waals surface area contributed by atoms with Gasteiger partial charge in [0.25, 0.3) is 0 Å². The fourth-order valence-corrected chi connectivity index (χ4v) is 12.2. The van der Waals surface area contributed by atoms with E-state index in [-0.39, 0.29) is 107 Å². The molecule has 44 heteroatoms. The molecular formula is C74H104N22O21S. The van der Waals surface area contributed by atoms with Crippen LogP contribution in [-0.4, -0.2) is 258 Å². The number of aromatic hydroxyl groups is 2. The van der Waals surface area contributed by atoms with Crippen LogP contribution < -0.4 is 91.6 Å². The summed E-state index contributed by atoms with van der Waals surface area (Å²) in [6.07, 6.45) is 2.37. The van der Waals surface area contributed by atoms with Gasteiger partial charge in [0.05, 0.1) is 31.9 Å². The first-order valence-corrected chi connectivity index (χ1v) is 38.8. The number of para-hydroxylation sites is 1. The second kappa shape index (κ2) is 48.9. The van der Waals surface area contributed by atoms with E-state index >= 15 is 0 Å². The number of hydrogen-bond acceptors (Lipinski definition) is 23. The summed E-state index contributed by atoms with van der Waals surface area (Å²) in [5.41, 5.74) is 19.4. The van der Waals surface area contributed by atoms with Gasteiger partial charge in [0.2, 0.25) is 70.9 Å². The molecular weight excluding hydrogens is 1570 g/mol. The second-order valence-corrected chi connectivity index (χ2v) is 28.4. The molecule has 0 saturated carbocycles. The molecule has 2 heterocycles. The monoisotopic (exact) mass is 1670 g/mol. The van der Waals surface area contributed by atoms with E-state index in [4.69, 9.17) is 33.1 Å². The highest BCUT2D eigenvalue weighted by molar-refractivity contribution is 7.98. The van der Waals surface area contributed by atoms with Crippen LogP contribution in [0.5, 0.6) is 11.5 Å². The zero-order valence-corrected chi connectivity index (χ0v) is 65.7. The maximum atomic E-state index is 14.9. The van der Waals surface area contributed by atoms with Crippen molar-refractivity contribution in [2.45, 2.75) is 164 Å². The molecule has 0 fully saturated rings. The molecule has 0 radical (unpaired) electrons. The fraction of sp³-hybridized carbons (Fsp3) is 0.459. The fourth-order valence-electron chi connectivity index (χ4n) is 11.7. The number of carbonyl (C=O) groups is 15. The maximum absolute atomic E-state index is 14.9. The number of aromatic nitrogens is 3. The number of nitrogens with one attached hydrogen (secondary N) is 18. The Morgan fingerprint density at radius 3 is 1.45 bits per heavy atom. The van der Waals surface area contributed by atoms with Gasteiger partial charge in [-0.15, -0.1) is 0 Å². The number of fused-ring (bicyclic) bond motifs is 1. The summed E-state index contributed by atoms with van der Waals surface area (Å²) in [5, 5.41) is 110. The summed E-state index contributed by atoms with van der Waals surface area (Å²) in [6, 6.07) is 0.0525. The third-order valence-electron chi connectivity index (χ3n) is 18.3. The Hall–Kier alpha value is -13.1. The van der Waals surface area contributed by atoms with Crippen LogP contribution >= 0.6 is 11.8 Å². The molecule has 30 N–H and O–H groups in total. The molecule has 642 valence electrons. The minimum atomic E-state index is -2.06. The summed E-state index contributed by atoms with van der Waals surface area (Å²) >= 11 is 1.21. The highest BCUT2D eigenvalue weighted by Gasteiger charge is 2.38. The largest absolute Gasteiger partial charge is 0.508 e. The van der Waals surface area contributed by atoms with Crippen molar-refractivity contribution in [3.05, 3.63) is 114 Å². The lowest BCUT2D eigenvalue weighted by atomic mass is 9.97. The summed E-state index contributed by atoms with van der Waals surface area (Å²) < 4.78 is 0. The van der Waals surface area contributed by atoms with Crippen LogP contribution in [0.15, 0.2) is 91.5 Å². The van der Waals surface area contributed by atoms with E-state index < -0.39 is 206 Å². The zero-order chi connectivity index (χ0) is 87.1. The number of aliphatic hydroxyl groups excluding tert-OH is 1. The predicted molar refractivity (Wildman–Crippen MR) is 426 cm³/mol. The van der Waals surface area contributed by atoms with Crippen molar-refractivity contribution in [3.8, 4) is 11.5 Å². The molecule has 0 unspecified atom stereocenters. The second-order valence-electron chi connectivity index (χ2n) is 27.5. The van der Waals surface area contributed by atoms with Crippen LogP contribution in [0.1, 0.15) is 94.0 Å². The van der Waals surface area contributed by atoms with E-state index in [1.165, 1.54) is 79.7 Å². The lowest BCUT2D eigenvalue weighted by Gasteiger charge is -2.29. The van der Waals surface area contributed by atoms with E-state index in [2.05, 4.69) is 89.4 Å². The molecule has 0 aliphatic rings. The van der Waals surface area contributed by atoms with Gasteiger partial charge in [-0.2, -0.15) is 11.8 Å². The summed E-state index contributed by atoms with van der Waals surface area (Å²) in [7, 11) is 0. The first kappa shape index (κ1) is 95.5. The Labute approximate surface area is 680 Å². The summed E-state index contributed by atoms with van der Waals surface area (Å²) in [6.45, 7) is 0.274. The molecule has 5 rings (SSSR count). The van der Waals surface area contributed by atoms with Gasteiger partial charge in [-0.3, -0.25) is 82.7 Å². The van der Waals surface area contributed by atoms with Gasteiger partial charge in [0.1, 0.15) is 78.5 Å². The van der Waals surface area contributed by atoms with E-state index in [1.807, 2.05) is 0 Å². The molecule has 12 amide bonds. The summed E-state index contributed by atoms with van der Waals surface area (Å²) in [4.78, 5) is 215. The van der Waals surface area contributed by atoms with E-state index in [9.17, 15) is 97.5 Å². The molecule has 5 aromatic rings. The molecule has 12 atom stereocenters. The Morgan fingerprint density at radius 2 is 0.949 bits per heavy atom. The number of amides is 12. The number of H-pyrrole nitrogens is 2. The number of aromatic amines is 2. The topological polar surface area (TPSA) is 716 Å². The Kier molecular flexibility index (Phi) is 39.6. The average molecular weight is 1670 g/mol. The third-order valence-corrected chi connectivity index (χ3v) is 19.0. The van der Waals surface area contributed by atoms with E-state index in [0.717, 1.165) is 0 Å². The number of aliphatic hydroxyl groups is 1. The molecule has 0 bridgehead atoms. The van der Waals surface area contributed by atoms with Gasteiger partial charge in [0, 0.05) is 74.2 Å². The molecule has 0 aliphatic heterocycles. The van der Waals surface area contributed by atoms with Gasteiger partial charge >= 0.3 is 17.9 Å². The predicted octanol–water partition coefficient (Wildman–Crippen LogP) is -5.28. The van der Waals surface area contributed by atoms with Gasteiger partial charge in [-0.1, -0.05) is 62.7 Å². The first-order valence-electron chi connectivity index (χ1n) is 37.4. The smallest absolute Gasteiger partial charge is 0.322 e. The van der Waals surface area contributed by atoms with Gasteiger partial charge in [-0.05, 0) is 103 Å². The van der Waals surface area contributed by atoms with Crippen LogP contribution in [0, 0.1) is 16.7 Å². The number of thioether (sulfide) groups is 1. The number of carbonyl (C=O) groups excluding carboxylic acids is 12. The van der Waals surface area contributed by atoms with Crippen LogP contribution in [0.25, 0.3) is 10.9 Å². The number of aliphatic carboxylic acids is 3. The van der Waals surface area contributed by atoms with Crippen LogP contribution in [-0.2, 0) is 97.6 Å². The molecule has 118 heavy (non-hydrogen) atoms. The van der Waals surface area contributed by atoms with Crippen molar-refractivity contribution >= 4 is 123 Å². The SMILES string of the molecule is CC[C@H](C)[C@H](NC(=O)[C@H](CC(=O)O)NC(=O)[C@H](CO)NC(=O)[C@H](CCSC)NC(=O)[C@H](Cc1ccc(O)cc1)NC(=O)[C@H](CCCNC(=N)N)NC(=O)[C@H](CCCNC(=N)N)NC(=O)[C@H](Cc1c[nH]c2ccccc12)NC(=O)[C@@H](N)CCC(=O)O)C(=O)N[C@@H](Cc1cnc[nH]1)C(=O)NCC(=O)N[C@@H](Cc1ccc(O)cc1)C(=O)NCC(=O)O. The van der Waals surface area contributed by atoms with Gasteiger partial charge < -0.3 is 132 Å². The van der Waals surface area contributed by atoms with Crippen LogP contribution in [0.4, 0.5) is 0 Å². The van der Waals surface area contributed by atoms with E-state index in [0.29, 0.717) is 27.6 Å². The van der Waals surface area contributed by atoms with Gasteiger partial charge in [-0.25, -0.2) is 4.98 Å². The Balaban J connectivity index is 1.37. The number of nitrogens with zero attached hydrogens (tertiary/aromatic N) is 1. The van der Waals surface area contributed by atoms with Crippen molar-refractivity contribution in [2.75, 3.05) is 44.8 Å². The van der Waals surface area contributed by atoms with Crippen LogP contribution in [0.3, 0.4) is 0 Å². The van der Waals surface area contributed by atoms with Crippen molar-refractivity contribution in [1.82, 2.24) is 89.4 Å². The number of hydrogen-bond donors (Lipinski definition) is 27. The number of nitrogens with two attached hydrogens (primary N) is 3. The highest BCUT2D eigenvalue weighted by Crippen LogP contribution is 2.21. The van der Waals surface area contributed by atoms with Crippen molar-refractivity contribution in [2.24, 2.45) is 23.1 Å². The standard InChI is InChI=1S/C74H104N22O21S/c1-4-38(2)61(72(117)94-54(30-42-33-80-37-86-42)64(109)84-34-57(100)87-51(63(108)85-35-60(105)106)27-39-13-17-43(98)18-14-39)96-70(115)55(31-59(103)104)93-71(116)56(36-97)95-67(112)50(23-26-118-3)90-68(113)52(28-40-15-19-44(99)20-16-40)92-66(111)49(12-8-25-82-74(78)79)88-65(110)48(11-7-24-81-73(76)77)89-69(114)53(91-62(107)46(75)21-22-58(101)102)29-41-32-83-47-10-6-5-9-45(41)47/h5-6,9-10,13-20,32-33,37-38,46,48-56,61,83,97-99H,4,7-8,11-12,21-31,34-36,75H2,1-3H3,(H,80,86)(H,84,109)(H,85,108)(H,87,100)(H,88,110)(H,89,114)(H,90,113)(H,91,107)(H,92,111)(H,93,116)(H,94,117)(H,95,112)(H,96,115)(H,101,102)(H,103,104)(H,105,106)(H4,76,77,81)(H4,78,79,82)/t38-,46-,48-,49-,50-,51-,52-,53-,54-,55-,56-,61-/m0/s1. The molecule has 43 nitrogen and oxygen atoms in total. The quantitative estimate of drug-likeness (QED) is 0.00982. The highest BCUT2D eigenvalue weighted by atomic mass is 32.2. The lowest BCUT2D eigenvalue weighted by molar-refractivity contribution is -0.142. The van der Waals surface area contributed by atoms with Crippen molar-refractivity contribution < 1.29 is 103 Å². The normalized spacial score (nSPS) is 14.0. The number of carboxylic acid groups (broad SMARTS) is 3. The average Bonchev–Trinajstić information content (AvgIpc) is 1.67. The lowest BCUT2D eigenvalue weighted by Crippen LogP contribution is -2.62. The van der Waals surface area contributed by atoms with E-state index in [1.54, 1.807) is 43.6 Å².